The van der Waals surface area contributed by atoms with Crippen LogP contribution in [0.2, 0.25) is 0 Å². The van der Waals surface area contributed by atoms with Crippen molar-refractivity contribution >= 4 is 39.3 Å². The van der Waals surface area contributed by atoms with Crippen LogP contribution in [0.5, 0.6) is 0 Å². The zero-order valence-electron chi connectivity index (χ0n) is 10.6. The second-order valence-corrected chi connectivity index (χ2v) is 7.54. The molecule has 0 aromatic carbocycles. The Hall–Kier alpha value is -0.770. The fourth-order valence-corrected chi connectivity index (χ4v) is 4.04. The molecule has 0 aliphatic heterocycles. The molecule has 18 heavy (non-hydrogen) atoms. The second-order valence-electron chi connectivity index (χ2n) is 4.29. The smallest absolute Gasteiger partial charge is 0.0449 e. The number of rotatable bonds is 5. The van der Waals surface area contributed by atoms with Crippen LogP contribution in [0.3, 0.4) is 0 Å². The largest absolute Gasteiger partial charge is 0.143 e. The van der Waals surface area contributed by atoms with Gasteiger partial charge in [-0.3, -0.25) is 0 Å². The van der Waals surface area contributed by atoms with E-state index in [-0.39, 0.29) is 0 Å². The molecule has 2 aromatic heterocycles. The molecule has 0 bridgehead atoms. The molecule has 0 aliphatic rings. The van der Waals surface area contributed by atoms with E-state index >= 15 is 0 Å². The average molecular weight is 292 g/mol. The average Bonchev–Trinajstić information content (AvgIpc) is 2.99. The van der Waals surface area contributed by atoms with Gasteiger partial charge in [-0.1, -0.05) is 44.8 Å². The van der Waals surface area contributed by atoms with Crippen LogP contribution >= 0.6 is 34.4 Å². The highest BCUT2D eigenvalue weighted by Crippen LogP contribution is 2.40. The van der Waals surface area contributed by atoms with Gasteiger partial charge in [-0.15, -0.1) is 22.7 Å². The third kappa shape index (κ3) is 3.16. The van der Waals surface area contributed by atoms with E-state index in [1.54, 1.807) is 34.4 Å². The number of thioether (sulfide) groups is 1. The van der Waals surface area contributed by atoms with Gasteiger partial charge in [0.15, 0.2) is 0 Å². The Morgan fingerprint density at radius 2 is 1.94 bits per heavy atom. The zero-order valence-corrected chi connectivity index (χ0v) is 13.1. The number of allylic oxidation sites excluding steroid dienone is 1. The zero-order chi connectivity index (χ0) is 13.1. The molecule has 0 nitrogen and oxygen atoms in total. The summed E-state index contributed by atoms with van der Waals surface area (Å²) in [6.07, 6.45) is 0. The van der Waals surface area contributed by atoms with Gasteiger partial charge in [0.25, 0.3) is 0 Å². The van der Waals surface area contributed by atoms with Crippen molar-refractivity contribution in [2.24, 2.45) is 5.92 Å². The van der Waals surface area contributed by atoms with E-state index in [2.05, 4.69) is 56.7 Å². The topological polar surface area (TPSA) is 0 Å². The molecule has 0 atom stereocenters. The first-order valence-electron chi connectivity index (χ1n) is 5.77. The Morgan fingerprint density at radius 3 is 2.56 bits per heavy atom. The van der Waals surface area contributed by atoms with Gasteiger partial charge < -0.3 is 0 Å². The second kappa shape index (κ2) is 5.91. The monoisotopic (exact) mass is 292 g/mol. The summed E-state index contributed by atoms with van der Waals surface area (Å²) in [5.41, 5.74) is 0. The van der Waals surface area contributed by atoms with E-state index in [1.165, 1.54) is 19.5 Å². The van der Waals surface area contributed by atoms with Gasteiger partial charge in [-0.2, -0.15) is 0 Å². The first kappa shape index (κ1) is 13.7. The predicted octanol–water partition coefficient (Wildman–Crippen LogP) is 6.35. The van der Waals surface area contributed by atoms with Crippen molar-refractivity contribution in [2.75, 3.05) is 0 Å². The molecule has 0 saturated carbocycles. The Bertz CT molecular complexity index is 544. The molecule has 0 radical (unpaired) electrons. The van der Waals surface area contributed by atoms with Crippen LogP contribution in [0.1, 0.15) is 18.7 Å². The molecular formula is C15H16S3. The van der Waals surface area contributed by atoms with E-state index in [4.69, 9.17) is 0 Å². The Labute approximate surface area is 121 Å². The molecule has 3 heteroatoms. The molecule has 2 rings (SSSR count). The van der Waals surface area contributed by atoms with Crippen molar-refractivity contribution < 1.29 is 0 Å². The lowest BCUT2D eigenvalue weighted by atomic mass is 10.2. The summed E-state index contributed by atoms with van der Waals surface area (Å²) >= 11 is 5.27. The standard InChI is InChI=1S/C15H16S3/c1-10(2)11(3)17-12(4)13-7-8-15(18-13)14-6-5-9-16-14/h5-10H,3-4H2,1-2H3. The predicted molar refractivity (Wildman–Crippen MR) is 88.2 cm³/mol. The molecule has 0 unspecified atom stereocenters. The lowest BCUT2D eigenvalue weighted by Gasteiger charge is -2.09. The molecule has 0 amide bonds. The fourth-order valence-electron chi connectivity index (χ4n) is 1.37. The van der Waals surface area contributed by atoms with Crippen LogP contribution in [-0.2, 0) is 0 Å². The summed E-state index contributed by atoms with van der Waals surface area (Å²) in [6, 6.07) is 8.57. The van der Waals surface area contributed by atoms with Crippen molar-refractivity contribution in [3.05, 3.63) is 52.6 Å². The summed E-state index contributed by atoms with van der Waals surface area (Å²) < 4.78 is 0. The first-order chi connectivity index (χ1) is 8.58. The van der Waals surface area contributed by atoms with Gasteiger partial charge in [-0.25, -0.2) is 0 Å². The minimum atomic E-state index is 0.489. The van der Waals surface area contributed by atoms with Gasteiger partial charge in [-0.05, 0) is 34.4 Å². The highest BCUT2D eigenvalue weighted by molar-refractivity contribution is 8.11. The van der Waals surface area contributed by atoms with Crippen LogP contribution in [-0.4, -0.2) is 0 Å². The van der Waals surface area contributed by atoms with Gasteiger partial charge in [0.1, 0.15) is 0 Å². The van der Waals surface area contributed by atoms with Crippen LogP contribution in [0.4, 0.5) is 0 Å². The SMILES string of the molecule is C=C(SC(=C)C(C)C)c1ccc(-c2cccs2)s1. The van der Waals surface area contributed by atoms with Gasteiger partial charge >= 0.3 is 0 Å². The van der Waals surface area contributed by atoms with Crippen LogP contribution in [0.25, 0.3) is 14.7 Å². The molecular weight excluding hydrogens is 276 g/mol. The summed E-state index contributed by atoms with van der Waals surface area (Å²) in [5.74, 6) is 0.489. The van der Waals surface area contributed by atoms with Crippen molar-refractivity contribution in [1.29, 1.82) is 0 Å². The van der Waals surface area contributed by atoms with E-state index in [0.29, 0.717) is 5.92 Å². The molecule has 0 saturated heterocycles. The van der Waals surface area contributed by atoms with Crippen LogP contribution < -0.4 is 0 Å². The van der Waals surface area contributed by atoms with E-state index < -0.39 is 0 Å². The summed E-state index contributed by atoms with van der Waals surface area (Å²) in [6.45, 7) is 12.6. The maximum atomic E-state index is 4.16. The number of hydrogen-bond donors (Lipinski definition) is 0. The van der Waals surface area contributed by atoms with Gasteiger partial charge in [0, 0.05) is 19.5 Å². The summed E-state index contributed by atoms with van der Waals surface area (Å²) in [5, 5.41) is 2.11. The highest BCUT2D eigenvalue weighted by Gasteiger charge is 2.09. The Kier molecular flexibility index (Phi) is 4.49. The van der Waals surface area contributed by atoms with Gasteiger partial charge in [0.05, 0.1) is 0 Å². The van der Waals surface area contributed by atoms with Crippen molar-refractivity contribution in [3.63, 3.8) is 0 Å². The third-order valence-electron chi connectivity index (χ3n) is 2.54. The molecule has 0 aliphatic carbocycles. The first-order valence-corrected chi connectivity index (χ1v) is 8.29. The maximum absolute atomic E-state index is 4.16. The van der Waals surface area contributed by atoms with E-state index in [1.807, 2.05) is 0 Å². The highest BCUT2D eigenvalue weighted by atomic mass is 32.2. The third-order valence-corrected chi connectivity index (χ3v) is 6.08. The van der Waals surface area contributed by atoms with Gasteiger partial charge in [0.2, 0.25) is 0 Å². The number of hydrogen-bond acceptors (Lipinski definition) is 3. The van der Waals surface area contributed by atoms with Crippen molar-refractivity contribution in [3.8, 4) is 9.75 Å². The van der Waals surface area contributed by atoms with E-state index in [0.717, 1.165) is 4.91 Å². The molecule has 2 aromatic rings. The molecule has 94 valence electrons. The lowest BCUT2D eigenvalue weighted by Crippen LogP contribution is -1.86. The summed E-state index contributed by atoms with van der Waals surface area (Å²) in [4.78, 5) is 6.15. The molecule has 0 fully saturated rings. The quantitative estimate of drug-likeness (QED) is 0.618. The summed E-state index contributed by atoms with van der Waals surface area (Å²) in [7, 11) is 0. The van der Waals surface area contributed by atoms with Crippen LogP contribution in [0.15, 0.2) is 47.7 Å². The minimum absolute atomic E-state index is 0.489. The maximum Gasteiger partial charge on any atom is 0.0449 e. The van der Waals surface area contributed by atoms with Crippen molar-refractivity contribution in [2.45, 2.75) is 13.8 Å². The molecule has 2 heterocycles. The van der Waals surface area contributed by atoms with Crippen molar-refractivity contribution in [1.82, 2.24) is 0 Å². The van der Waals surface area contributed by atoms with E-state index in [9.17, 15) is 0 Å². The lowest BCUT2D eigenvalue weighted by molar-refractivity contribution is 0.821. The minimum Gasteiger partial charge on any atom is -0.143 e. The van der Waals surface area contributed by atoms with Crippen LogP contribution in [0, 0.1) is 5.92 Å². The normalized spacial score (nSPS) is 10.8. The number of thiophene rings is 2. The Balaban J connectivity index is 2.11. The Morgan fingerprint density at radius 1 is 1.17 bits per heavy atom. The molecule has 0 spiro atoms. The fraction of sp³-hybridized carbons (Fsp3) is 0.200. The molecule has 0 N–H and O–H groups in total.